The molecule has 1 aliphatic carbocycles. The minimum Gasteiger partial charge on any atom is -0.481 e. The second kappa shape index (κ2) is 8.26. The molecule has 1 saturated carbocycles. The molecule has 1 aromatic heterocycles. The van der Waals surface area contributed by atoms with Gasteiger partial charge < -0.3 is 14.6 Å². The molecule has 1 N–H and O–H groups in total. The summed E-state index contributed by atoms with van der Waals surface area (Å²) in [5.41, 5.74) is 0.524. The van der Waals surface area contributed by atoms with Crippen LogP contribution in [0.5, 0.6) is 11.9 Å². The van der Waals surface area contributed by atoms with E-state index in [1.165, 1.54) is 7.11 Å². The summed E-state index contributed by atoms with van der Waals surface area (Å²) in [7, 11) is 3.06. The molecule has 2 aliphatic rings. The Bertz CT molecular complexity index is 877. The smallest absolute Gasteiger partial charge is 0.319 e. The molecule has 1 aliphatic heterocycles. The van der Waals surface area contributed by atoms with E-state index in [-0.39, 0.29) is 11.9 Å². The Morgan fingerprint density at radius 3 is 2.66 bits per heavy atom. The normalized spacial score (nSPS) is 26.9. The number of fused-ring (bicyclic) bond motifs is 1. The highest BCUT2D eigenvalue weighted by Gasteiger charge is 2.51. The maximum Gasteiger partial charge on any atom is 0.319 e. The zero-order valence-corrected chi connectivity index (χ0v) is 18.1. The zero-order chi connectivity index (χ0) is 20.6. The third kappa shape index (κ3) is 3.79. The number of hydrogen-bond donors (Lipinski definition) is 1. The van der Waals surface area contributed by atoms with Gasteiger partial charge in [-0.05, 0) is 37.3 Å². The van der Waals surface area contributed by atoms with Crippen LogP contribution >= 0.6 is 23.2 Å². The molecule has 4 rings (SSSR count). The predicted octanol–water partition coefficient (Wildman–Crippen LogP) is 3.92. The van der Waals surface area contributed by atoms with Crippen molar-refractivity contribution < 1.29 is 14.6 Å². The van der Waals surface area contributed by atoms with Crippen LogP contribution < -0.4 is 9.47 Å². The average Bonchev–Trinajstić information content (AvgIpc) is 3.15. The highest BCUT2D eigenvalue weighted by Crippen LogP contribution is 2.50. The van der Waals surface area contributed by atoms with Gasteiger partial charge in [0.1, 0.15) is 5.60 Å². The molecule has 29 heavy (non-hydrogen) atoms. The van der Waals surface area contributed by atoms with Crippen LogP contribution in [0.15, 0.2) is 24.4 Å². The standard InChI is InChI=1S/C21H25Cl2N3O3/c1-28-19-15(9-24-20(25-19)29-2)21(27)8-4-5-13-10-26(12-16(13)21)11-14-17(22)6-3-7-18(14)23/h3,6-7,9,13,16,27H,4-5,8,10-12H2,1-2H3/t13-,16-,21-/m1/s1. The van der Waals surface area contributed by atoms with E-state index in [4.69, 9.17) is 32.7 Å². The van der Waals surface area contributed by atoms with Gasteiger partial charge in [-0.3, -0.25) is 4.90 Å². The summed E-state index contributed by atoms with van der Waals surface area (Å²) in [6.45, 7) is 2.31. The number of benzene rings is 1. The zero-order valence-electron chi connectivity index (χ0n) is 16.6. The van der Waals surface area contributed by atoms with Gasteiger partial charge >= 0.3 is 6.01 Å². The van der Waals surface area contributed by atoms with Gasteiger partial charge in [0, 0.05) is 47.4 Å². The number of aromatic nitrogens is 2. The summed E-state index contributed by atoms with van der Waals surface area (Å²) < 4.78 is 10.6. The van der Waals surface area contributed by atoms with Gasteiger partial charge in [0.2, 0.25) is 5.88 Å². The van der Waals surface area contributed by atoms with Crippen molar-refractivity contribution in [1.29, 1.82) is 0 Å². The Labute approximate surface area is 180 Å². The molecular weight excluding hydrogens is 413 g/mol. The van der Waals surface area contributed by atoms with Gasteiger partial charge in [-0.15, -0.1) is 0 Å². The van der Waals surface area contributed by atoms with E-state index in [0.29, 0.717) is 40.4 Å². The minimum atomic E-state index is -1.04. The lowest BCUT2D eigenvalue weighted by Gasteiger charge is -2.41. The summed E-state index contributed by atoms with van der Waals surface area (Å²) in [6.07, 6.45) is 4.31. The van der Waals surface area contributed by atoms with Crippen molar-refractivity contribution in [3.63, 3.8) is 0 Å². The van der Waals surface area contributed by atoms with Gasteiger partial charge in [-0.2, -0.15) is 4.98 Å². The van der Waals surface area contributed by atoms with Crippen LogP contribution in [0.4, 0.5) is 0 Å². The lowest BCUT2D eigenvalue weighted by Crippen LogP contribution is -2.43. The first-order valence-electron chi connectivity index (χ1n) is 9.79. The van der Waals surface area contributed by atoms with Crippen LogP contribution in [0.1, 0.15) is 30.4 Å². The third-order valence-electron chi connectivity index (χ3n) is 6.28. The van der Waals surface area contributed by atoms with E-state index in [1.54, 1.807) is 13.3 Å². The minimum absolute atomic E-state index is 0.0587. The highest BCUT2D eigenvalue weighted by molar-refractivity contribution is 6.35. The van der Waals surface area contributed by atoms with Crippen molar-refractivity contribution in [1.82, 2.24) is 14.9 Å². The molecule has 3 atom stereocenters. The first kappa shape index (κ1) is 20.7. The highest BCUT2D eigenvalue weighted by atomic mass is 35.5. The molecule has 8 heteroatoms. The first-order valence-corrected chi connectivity index (χ1v) is 10.5. The molecule has 0 amide bonds. The molecule has 0 radical (unpaired) electrons. The van der Waals surface area contributed by atoms with Gasteiger partial charge in [-0.25, -0.2) is 4.98 Å². The van der Waals surface area contributed by atoms with Gasteiger partial charge in [-0.1, -0.05) is 29.3 Å². The fourth-order valence-electron chi connectivity index (χ4n) is 4.89. The maximum atomic E-state index is 11.8. The van der Waals surface area contributed by atoms with E-state index in [0.717, 1.165) is 31.5 Å². The predicted molar refractivity (Wildman–Crippen MR) is 112 cm³/mol. The Balaban J connectivity index is 1.61. The second-order valence-corrected chi connectivity index (χ2v) is 8.67. The fraction of sp³-hybridized carbons (Fsp3) is 0.524. The number of nitrogens with zero attached hydrogens (tertiary/aromatic N) is 3. The van der Waals surface area contributed by atoms with Crippen LogP contribution in [0, 0.1) is 11.8 Å². The number of likely N-dealkylation sites (tertiary alicyclic amines) is 1. The van der Waals surface area contributed by atoms with Crippen LogP contribution in [0.2, 0.25) is 10.0 Å². The van der Waals surface area contributed by atoms with Crippen molar-refractivity contribution in [2.24, 2.45) is 11.8 Å². The molecule has 6 nitrogen and oxygen atoms in total. The van der Waals surface area contributed by atoms with Crippen LogP contribution in [-0.2, 0) is 12.1 Å². The molecule has 156 valence electrons. The summed E-state index contributed by atoms with van der Waals surface area (Å²) in [5, 5.41) is 13.1. The summed E-state index contributed by atoms with van der Waals surface area (Å²) in [5.74, 6) is 0.804. The maximum absolute atomic E-state index is 11.8. The first-order chi connectivity index (χ1) is 14.0. The molecule has 1 saturated heterocycles. The lowest BCUT2D eigenvalue weighted by molar-refractivity contribution is -0.0669. The summed E-state index contributed by atoms with van der Waals surface area (Å²) in [6, 6.07) is 5.80. The average molecular weight is 438 g/mol. The number of aliphatic hydroxyl groups is 1. The Morgan fingerprint density at radius 2 is 1.97 bits per heavy atom. The molecule has 2 aromatic rings. The number of ether oxygens (including phenoxy) is 2. The van der Waals surface area contributed by atoms with E-state index < -0.39 is 5.60 Å². The van der Waals surface area contributed by atoms with Crippen molar-refractivity contribution in [3.8, 4) is 11.9 Å². The van der Waals surface area contributed by atoms with Crippen LogP contribution in [0.3, 0.4) is 0 Å². The van der Waals surface area contributed by atoms with Gasteiger partial charge in [0.05, 0.1) is 19.8 Å². The molecule has 0 unspecified atom stereocenters. The van der Waals surface area contributed by atoms with E-state index in [1.807, 2.05) is 18.2 Å². The number of rotatable bonds is 5. The van der Waals surface area contributed by atoms with Crippen molar-refractivity contribution in [2.45, 2.75) is 31.4 Å². The molecule has 2 heterocycles. The SMILES string of the molecule is COc1ncc([C@]2(O)CCC[C@@H]3CN(Cc4c(Cl)cccc4Cl)C[C@H]32)c(OC)n1. The Hall–Kier alpha value is -1.60. The van der Waals surface area contributed by atoms with E-state index in [9.17, 15) is 5.11 Å². The molecule has 2 fully saturated rings. The lowest BCUT2D eigenvalue weighted by atomic mass is 9.68. The number of halogens is 2. The largest absolute Gasteiger partial charge is 0.481 e. The molecule has 0 bridgehead atoms. The molecule has 1 aromatic carbocycles. The van der Waals surface area contributed by atoms with Gasteiger partial charge in [0.25, 0.3) is 0 Å². The summed E-state index contributed by atoms with van der Waals surface area (Å²) >= 11 is 12.8. The van der Waals surface area contributed by atoms with Crippen LogP contribution in [-0.4, -0.2) is 47.3 Å². The quantitative estimate of drug-likeness (QED) is 0.764. The van der Waals surface area contributed by atoms with Crippen molar-refractivity contribution in [3.05, 3.63) is 45.6 Å². The topological polar surface area (TPSA) is 67.7 Å². The van der Waals surface area contributed by atoms with Crippen molar-refractivity contribution >= 4 is 23.2 Å². The second-order valence-electron chi connectivity index (χ2n) is 7.86. The van der Waals surface area contributed by atoms with Gasteiger partial charge in [0.15, 0.2) is 0 Å². The third-order valence-corrected chi connectivity index (χ3v) is 6.99. The van der Waals surface area contributed by atoms with E-state index >= 15 is 0 Å². The fourth-order valence-corrected chi connectivity index (χ4v) is 5.40. The molecule has 0 spiro atoms. The van der Waals surface area contributed by atoms with E-state index in [2.05, 4.69) is 14.9 Å². The summed E-state index contributed by atoms with van der Waals surface area (Å²) in [4.78, 5) is 10.8. The monoisotopic (exact) mass is 437 g/mol. The van der Waals surface area contributed by atoms with Crippen molar-refractivity contribution in [2.75, 3.05) is 27.3 Å². The Kier molecular flexibility index (Phi) is 5.89. The van der Waals surface area contributed by atoms with Crippen LogP contribution in [0.25, 0.3) is 0 Å². The number of methoxy groups -OCH3 is 2. The Morgan fingerprint density at radius 1 is 1.21 bits per heavy atom. The number of hydrogen-bond acceptors (Lipinski definition) is 6. The molecular formula is C21H25Cl2N3O3.